The molecule has 1 N–H and O–H groups in total. The molecule has 0 heterocycles. The molecule has 1 amide bonds. The van der Waals surface area contributed by atoms with Crippen molar-refractivity contribution in [3.63, 3.8) is 0 Å². The average molecular weight is 347 g/mol. The molecule has 1 aliphatic carbocycles. The summed E-state index contributed by atoms with van der Waals surface area (Å²) >= 11 is 0. The summed E-state index contributed by atoms with van der Waals surface area (Å²) in [6, 6.07) is 6.90. The Hall–Kier alpha value is -2.04. The van der Waals surface area contributed by atoms with E-state index in [1.165, 1.54) is 6.42 Å². The quantitative estimate of drug-likeness (QED) is 0.799. The summed E-state index contributed by atoms with van der Waals surface area (Å²) in [5.41, 5.74) is 0.406. The van der Waals surface area contributed by atoms with Crippen molar-refractivity contribution in [1.29, 1.82) is 0 Å². The molecule has 0 aliphatic heterocycles. The maximum absolute atomic E-state index is 12.1. The second kappa shape index (κ2) is 8.88. The Kier molecular flexibility index (Phi) is 6.85. The number of carbonyl (C=O) groups excluding carboxylic acids is 2. The van der Waals surface area contributed by atoms with E-state index in [0.29, 0.717) is 23.1 Å². The summed E-state index contributed by atoms with van der Waals surface area (Å²) in [7, 11) is 0. The molecule has 2 rings (SSSR count). The van der Waals surface area contributed by atoms with Gasteiger partial charge in [0.15, 0.2) is 6.61 Å². The average Bonchev–Trinajstić information content (AvgIpc) is 2.57. The third-order valence-corrected chi connectivity index (χ3v) is 4.85. The van der Waals surface area contributed by atoms with E-state index in [9.17, 15) is 9.59 Å². The molecule has 1 saturated carbocycles. The zero-order chi connectivity index (χ0) is 18.4. The van der Waals surface area contributed by atoms with Gasteiger partial charge in [-0.05, 0) is 56.4 Å². The van der Waals surface area contributed by atoms with Crippen molar-refractivity contribution < 1.29 is 19.1 Å². The lowest BCUT2D eigenvalue weighted by atomic mass is 9.78. The van der Waals surface area contributed by atoms with Crippen LogP contribution >= 0.6 is 0 Å². The number of esters is 1. The van der Waals surface area contributed by atoms with Crippen LogP contribution in [0.2, 0.25) is 0 Å². The van der Waals surface area contributed by atoms with Gasteiger partial charge in [0.25, 0.3) is 5.91 Å². The van der Waals surface area contributed by atoms with Crippen molar-refractivity contribution in [2.24, 2.45) is 11.8 Å². The number of hydrogen-bond acceptors (Lipinski definition) is 4. The summed E-state index contributed by atoms with van der Waals surface area (Å²) in [5, 5.41) is 3.00. The lowest BCUT2D eigenvalue weighted by molar-refractivity contribution is -0.125. The SMILES string of the molecule is CC(C)Oc1ccc(C(=O)OCC(=O)N[C@H]2CCC[C@H](C)[C@@H]2C)cc1. The molecule has 1 aromatic rings. The van der Waals surface area contributed by atoms with E-state index in [0.717, 1.165) is 12.8 Å². The number of benzene rings is 1. The first kappa shape index (κ1) is 19.3. The van der Waals surface area contributed by atoms with Crippen LogP contribution in [0.15, 0.2) is 24.3 Å². The predicted octanol–water partition coefficient (Wildman–Crippen LogP) is 3.57. The van der Waals surface area contributed by atoms with Gasteiger partial charge in [0.2, 0.25) is 0 Å². The summed E-state index contributed by atoms with van der Waals surface area (Å²) < 4.78 is 10.7. The number of nitrogens with one attached hydrogen (secondary N) is 1. The summed E-state index contributed by atoms with van der Waals surface area (Å²) in [6.07, 6.45) is 3.40. The molecule has 0 unspecified atom stereocenters. The smallest absolute Gasteiger partial charge is 0.338 e. The largest absolute Gasteiger partial charge is 0.491 e. The van der Waals surface area contributed by atoms with Gasteiger partial charge in [0.1, 0.15) is 5.75 Å². The van der Waals surface area contributed by atoms with Gasteiger partial charge in [0.05, 0.1) is 11.7 Å². The molecule has 1 aromatic carbocycles. The second-order valence-electron chi connectivity index (χ2n) is 7.21. The molecule has 5 nitrogen and oxygen atoms in total. The van der Waals surface area contributed by atoms with Gasteiger partial charge in [-0.25, -0.2) is 4.79 Å². The molecule has 0 saturated heterocycles. The van der Waals surface area contributed by atoms with Gasteiger partial charge in [-0.15, -0.1) is 0 Å². The molecule has 25 heavy (non-hydrogen) atoms. The van der Waals surface area contributed by atoms with Crippen LogP contribution in [0.25, 0.3) is 0 Å². The predicted molar refractivity (Wildman–Crippen MR) is 96.6 cm³/mol. The minimum absolute atomic E-state index is 0.0754. The molecular weight excluding hydrogens is 318 g/mol. The molecule has 5 heteroatoms. The van der Waals surface area contributed by atoms with E-state index in [1.807, 2.05) is 13.8 Å². The van der Waals surface area contributed by atoms with Crippen LogP contribution in [-0.2, 0) is 9.53 Å². The monoisotopic (exact) mass is 347 g/mol. The van der Waals surface area contributed by atoms with Crippen LogP contribution in [-0.4, -0.2) is 30.6 Å². The molecule has 1 aliphatic rings. The lowest BCUT2D eigenvalue weighted by Crippen LogP contribution is -2.45. The number of carbonyl (C=O) groups is 2. The third kappa shape index (κ3) is 5.76. The Bertz CT molecular complexity index is 582. The first-order chi connectivity index (χ1) is 11.9. The van der Waals surface area contributed by atoms with Gasteiger partial charge < -0.3 is 14.8 Å². The summed E-state index contributed by atoms with van der Waals surface area (Å²) in [6.45, 7) is 8.02. The van der Waals surface area contributed by atoms with Crippen molar-refractivity contribution in [1.82, 2.24) is 5.32 Å². The van der Waals surface area contributed by atoms with Crippen LogP contribution in [0, 0.1) is 11.8 Å². The standard InChI is InChI=1S/C20H29NO4/c1-13(2)25-17-10-8-16(9-11-17)20(23)24-12-19(22)21-18-7-5-6-14(3)15(18)4/h8-11,13-15,18H,5-7,12H2,1-4H3,(H,21,22)/t14-,15-,18-/m0/s1. The third-order valence-electron chi connectivity index (χ3n) is 4.85. The highest BCUT2D eigenvalue weighted by Gasteiger charge is 2.28. The van der Waals surface area contributed by atoms with Crippen LogP contribution in [0.5, 0.6) is 5.75 Å². The van der Waals surface area contributed by atoms with Crippen LogP contribution in [0.3, 0.4) is 0 Å². The number of ether oxygens (including phenoxy) is 2. The fourth-order valence-electron chi connectivity index (χ4n) is 3.19. The molecular formula is C20H29NO4. The minimum Gasteiger partial charge on any atom is -0.491 e. The van der Waals surface area contributed by atoms with Crippen molar-refractivity contribution in [3.8, 4) is 5.75 Å². The minimum atomic E-state index is -0.503. The number of amides is 1. The molecule has 0 spiro atoms. The highest BCUT2D eigenvalue weighted by molar-refractivity contribution is 5.91. The second-order valence-corrected chi connectivity index (χ2v) is 7.21. The van der Waals surface area contributed by atoms with Crippen molar-refractivity contribution >= 4 is 11.9 Å². The molecule has 0 aromatic heterocycles. The number of rotatable bonds is 6. The van der Waals surface area contributed by atoms with E-state index < -0.39 is 5.97 Å². The van der Waals surface area contributed by atoms with E-state index in [2.05, 4.69) is 19.2 Å². The Morgan fingerprint density at radius 3 is 2.48 bits per heavy atom. The fourth-order valence-corrected chi connectivity index (χ4v) is 3.19. The molecule has 3 atom stereocenters. The Morgan fingerprint density at radius 2 is 1.84 bits per heavy atom. The lowest BCUT2D eigenvalue weighted by Gasteiger charge is -2.34. The van der Waals surface area contributed by atoms with Crippen LogP contribution in [0.1, 0.15) is 57.3 Å². The van der Waals surface area contributed by atoms with E-state index in [4.69, 9.17) is 9.47 Å². The van der Waals surface area contributed by atoms with Crippen LogP contribution < -0.4 is 10.1 Å². The first-order valence-corrected chi connectivity index (χ1v) is 9.10. The summed E-state index contributed by atoms with van der Waals surface area (Å²) in [5.74, 6) is 1.01. The van der Waals surface area contributed by atoms with E-state index >= 15 is 0 Å². The van der Waals surface area contributed by atoms with Gasteiger partial charge in [-0.3, -0.25) is 4.79 Å². The summed E-state index contributed by atoms with van der Waals surface area (Å²) in [4.78, 5) is 24.1. The highest BCUT2D eigenvalue weighted by atomic mass is 16.5. The van der Waals surface area contributed by atoms with Gasteiger partial charge in [0, 0.05) is 6.04 Å². The maximum atomic E-state index is 12.1. The van der Waals surface area contributed by atoms with E-state index in [1.54, 1.807) is 24.3 Å². The number of hydrogen-bond donors (Lipinski definition) is 1. The molecule has 1 fully saturated rings. The van der Waals surface area contributed by atoms with Crippen molar-refractivity contribution in [2.75, 3.05) is 6.61 Å². The topological polar surface area (TPSA) is 64.6 Å². The first-order valence-electron chi connectivity index (χ1n) is 9.10. The molecule has 138 valence electrons. The zero-order valence-corrected chi connectivity index (χ0v) is 15.6. The van der Waals surface area contributed by atoms with Gasteiger partial charge >= 0.3 is 5.97 Å². The fraction of sp³-hybridized carbons (Fsp3) is 0.600. The van der Waals surface area contributed by atoms with E-state index in [-0.39, 0.29) is 24.7 Å². The van der Waals surface area contributed by atoms with Crippen molar-refractivity contribution in [3.05, 3.63) is 29.8 Å². The Labute approximate surface area is 150 Å². The maximum Gasteiger partial charge on any atom is 0.338 e. The highest BCUT2D eigenvalue weighted by Crippen LogP contribution is 2.29. The zero-order valence-electron chi connectivity index (χ0n) is 15.6. The van der Waals surface area contributed by atoms with Crippen LogP contribution in [0.4, 0.5) is 0 Å². The van der Waals surface area contributed by atoms with Gasteiger partial charge in [-0.1, -0.05) is 26.7 Å². The Balaban J connectivity index is 1.80. The van der Waals surface area contributed by atoms with Crippen molar-refractivity contribution in [2.45, 2.75) is 59.1 Å². The molecule has 0 radical (unpaired) electrons. The van der Waals surface area contributed by atoms with Gasteiger partial charge in [-0.2, -0.15) is 0 Å². The Morgan fingerprint density at radius 1 is 1.16 bits per heavy atom. The normalized spacial score (nSPS) is 23.2. The molecule has 0 bridgehead atoms.